The van der Waals surface area contributed by atoms with Crippen molar-refractivity contribution in [3.63, 3.8) is 0 Å². The second-order valence-corrected chi connectivity index (χ2v) is 7.68. The van der Waals surface area contributed by atoms with Crippen LogP contribution in [0.15, 0.2) is 24.3 Å². The molecule has 1 aliphatic carbocycles. The van der Waals surface area contributed by atoms with Gasteiger partial charge in [0, 0.05) is 37.8 Å². The topological polar surface area (TPSA) is 70.2 Å². The Hall–Kier alpha value is -2.70. The molecule has 1 aromatic heterocycles. The largest absolute Gasteiger partial charge is 0.367 e. The molecule has 1 aliphatic rings. The Morgan fingerprint density at radius 1 is 1.07 bits per heavy atom. The molecule has 0 radical (unpaired) electrons. The molecule has 1 amide bonds. The summed E-state index contributed by atoms with van der Waals surface area (Å²) in [5, 5.41) is 6.58. The van der Waals surface area contributed by atoms with Crippen LogP contribution in [0.5, 0.6) is 0 Å². The van der Waals surface area contributed by atoms with Gasteiger partial charge in [-0.1, -0.05) is 0 Å². The van der Waals surface area contributed by atoms with E-state index >= 15 is 0 Å². The number of nitrogens with one attached hydrogen (secondary N) is 2. The molecular formula is C21H28FN5O. The molecule has 0 bridgehead atoms. The van der Waals surface area contributed by atoms with Crippen molar-refractivity contribution >= 4 is 17.5 Å². The smallest absolute Gasteiger partial charge is 0.251 e. The summed E-state index contributed by atoms with van der Waals surface area (Å²) in [6.45, 7) is 3.56. The first-order chi connectivity index (χ1) is 13.3. The Morgan fingerprint density at radius 2 is 1.75 bits per heavy atom. The Bertz CT molecular complexity index is 847. The molecule has 0 spiro atoms. The molecule has 0 aliphatic heterocycles. The maximum absolute atomic E-state index is 13.4. The predicted octanol–water partition coefficient (Wildman–Crippen LogP) is 3.45. The number of benzene rings is 1. The van der Waals surface area contributed by atoms with Gasteiger partial charge >= 0.3 is 0 Å². The lowest BCUT2D eigenvalue weighted by Crippen LogP contribution is -2.40. The SMILES string of the molecule is Cc1nc(NC2CCC(NC(=O)c3ccc(F)c(C)c3)CC2)cc(N(C)C)n1. The van der Waals surface area contributed by atoms with Crippen molar-refractivity contribution in [3.8, 4) is 0 Å². The number of carbonyl (C=O) groups is 1. The van der Waals surface area contributed by atoms with Crippen LogP contribution in [0.25, 0.3) is 0 Å². The van der Waals surface area contributed by atoms with E-state index in [1.165, 1.54) is 12.1 Å². The summed E-state index contributed by atoms with van der Waals surface area (Å²) in [5.74, 6) is 2.03. The van der Waals surface area contributed by atoms with Crippen LogP contribution in [0.4, 0.5) is 16.0 Å². The summed E-state index contributed by atoms with van der Waals surface area (Å²) >= 11 is 0. The monoisotopic (exact) mass is 385 g/mol. The van der Waals surface area contributed by atoms with Crippen molar-refractivity contribution in [1.29, 1.82) is 0 Å². The maximum Gasteiger partial charge on any atom is 0.251 e. The highest BCUT2D eigenvalue weighted by molar-refractivity contribution is 5.94. The summed E-state index contributed by atoms with van der Waals surface area (Å²) in [6.07, 6.45) is 3.70. The fraction of sp³-hybridized carbons (Fsp3) is 0.476. The van der Waals surface area contributed by atoms with Crippen LogP contribution in [0, 0.1) is 19.7 Å². The van der Waals surface area contributed by atoms with Gasteiger partial charge in [0.1, 0.15) is 23.3 Å². The van der Waals surface area contributed by atoms with Crippen molar-refractivity contribution in [3.05, 3.63) is 47.0 Å². The number of amides is 1. The lowest BCUT2D eigenvalue weighted by atomic mass is 9.91. The number of hydrogen-bond donors (Lipinski definition) is 2. The van der Waals surface area contributed by atoms with Crippen LogP contribution in [0.1, 0.15) is 47.4 Å². The standard InChI is InChI=1S/C21H28FN5O/c1-13-11-15(5-10-18(13)22)21(28)26-17-8-6-16(7-9-17)25-19-12-20(27(3)4)24-14(2)23-19/h5,10-12,16-17H,6-9H2,1-4H3,(H,26,28)(H,23,24,25). The highest BCUT2D eigenvalue weighted by Crippen LogP contribution is 2.23. The van der Waals surface area contributed by atoms with Crippen molar-refractivity contribution in [2.45, 2.75) is 51.6 Å². The number of hydrogen-bond acceptors (Lipinski definition) is 5. The van der Waals surface area contributed by atoms with E-state index in [0.717, 1.165) is 43.1 Å². The van der Waals surface area contributed by atoms with Crippen LogP contribution >= 0.6 is 0 Å². The average molecular weight is 385 g/mol. The Labute approximate surface area is 165 Å². The van der Waals surface area contributed by atoms with E-state index < -0.39 is 0 Å². The predicted molar refractivity (Wildman–Crippen MR) is 109 cm³/mol. The third kappa shape index (κ3) is 4.97. The van der Waals surface area contributed by atoms with Gasteiger partial charge in [-0.3, -0.25) is 4.79 Å². The van der Waals surface area contributed by atoms with Crippen molar-refractivity contribution in [2.75, 3.05) is 24.3 Å². The van der Waals surface area contributed by atoms with E-state index in [2.05, 4.69) is 20.6 Å². The zero-order valence-corrected chi connectivity index (χ0v) is 16.9. The maximum atomic E-state index is 13.4. The van der Waals surface area contributed by atoms with Crippen molar-refractivity contribution < 1.29 is 9.18 Å². The van der Waals surface area contributed by atoms with E-state index in [-0.39, 0.29) is 17.8 Å². The molecule has 7 heteroatoms. The first-order valence-corrected chi connectivity index (χ1v) is 9.68. The molecule has 1 fully saturated rings. The molecule has 6 nitrogen and oxygen atoms in total. The van der Waals surface area contributed by atoms with E-state index in [1.807, 2.05) is 32.0 Å². The van der Waals surface area contributed by atoms with Gasteiger partial charge in [-0.25, -0.2) is 14.4 Å². The van der Waals surface area contributed by atoms with Crippen LogP contribution in [-0.4, -0.2) is 42.1 Å². The summed E-state index contributed by atoms with van der Waals surface area (Å²) in [7, 11) is 3.92. The van der Waals surface area contributed by atoms with Gasteiger partial charge in [0.25, 0.3) is 5.91 Å². The summed E-state index contributed by atoms with van der Waals surface area (Å²) in [6, 6.07) is 6.89. The number of rotatable bonds is 5. The molecule has 28 heavy (non-hydrogen) atoms. The molecule has 0 unspecified atom stereocenters. The molecule has 150 valence electrons. The second kappa shape index (κ2) is 8.54. The lowest BCUT2D eigenvalue weighted by Gasteiger charge is -2.30. The molecule has 3 rings (SSSR count). The summed E-state index contributed by atoms with van der Waals surface area (Å²) < 4.78 is 13.4. The molecule has 0 atom stereocenters. The number of aromatic nitrogens is 2. The highest BCUT2D eigenvalue weighted by atomic mass is 19.1. The van der Waals surface area contributed by atoms with E-state index in [4.69, 9.17) is 0 Å². The highest BCUT2D eigenvalue weighted by Gasteiger charge is 2.23. The summed E-state index contributed by atoms with van der Waals surface area (Å²) in [4.78, 5) is 23.3. The number of halogens is 1. The molecule has 1 saturated carbocycles. The van der Waals surface area contributed by atoms with Gasteiger partial charge in [0.2, 0.25) is 0 Å². The van der Waals surface area contributed by atoms with Gasteiger partial charge in [0.15, 0.2) is 0 Å². The molecule has 2 N–H and O–H groups in total. The van der Waals surface area contributed by atoms with Gasteiger partial charge in [0.05, 0.1) is 0 Å². The normalized spacial score (nSPS) is 19.2. The second-order valence-electron chi connectivity index (χ2n) is 7.68. The Kier molecular flexibility index (Phi) is 6.11. The molecule has 1 aromatic carbocycles. The van der Waals surface area contributed by atoms with Gasteiger partial charge in [-0.05, 0) is 63.3 Å². The number of anilines is 2. The Morgan fingerprint density at radius 3 is 2.39 bits per heavy atom. The third-order valence-corrected chi connectivity index (χ3v) is 5.12. The van der Waals surface area contributed by atoms with Crippen molar-refractivity contribution in [1.82, 2.24) is 15.3 Å². The minimum absolute atomic E-state index is 0.137. The van der Waals surface area contributed by atoms with E-state index in [1.54, 1.807) is 13.0 Å². The minimum Gasteiger partial charge on any atom is -0.367 e. The average Bonchev–Trinajstić information content (AvgIpc) is 2.65. The fourth-order valence-electron chi connectivity index (χ4n) is 3.50. The Balaban J connectivity index is 1.53. The van der Waals surface area contributed by atoms with Crippen LogP contribution in [-0.2, 0) is 0 Å². The third-order valence-electron chi connectivity index (χ3n) is 5.12. The zero-order valence-electron chi connectivity index (χ0n) is 16.9. The number of carbonyl (C=O) groups excluding carboxylic acids is 1. The summed E-state index contributed by atoms with van der Waals surface area (Å²) in [5.41, 5.74) is 0.990. The quantitative estimate of drug-likeness (QED) is 0.825. The van der Waals surface area contributed by atoms with Crippen LogP contribution < -0.4 is 15.5 Å². The van der Waals surface area contributed by atoms with Crippen LogP contribution in [0.3, 0.4) is 0 Å². The number of nitrogens with zero attached hydrogens (tertiary/aromatic N) is 3. The first kappa shape index (κ1) is 20.0. The van der Waals surface area contributed by atoms with E-state index in [0.29, 0.717) is 17.2 Å². The van der Waals surface area contributed by atoms with E-state index in [9.17, 15) is 9.18 Å². The molecule has 2 aromatic rings. The fourth-order valence-corrected chi connectivity index (χ4v) is 3.50. The van der Waals surface area contributed by atoms with Crippen molar-refractivity contribution in [2.24, 2.45) is 0 Å². The zero-order chi connectivity index (χ0) is 20.3. The van der Waals surface area contributed by atoms with Gasteiger partial charge in [-0.2, -0.15) is 0 Å². The molecule has 1 heterocycles. The number of aryl methyl sites for hydroxylation is 2. The van der Waals surface area contributed by atoms with Gasteiger partial charge < -0.3 is 15.5 Å². The van der Waals surface area contributed by atoms with Crippen LogP contribution in [0.2, 0.25) is 0 Å². The lowest BCUT2D eigenvalue weighted by molar-refractivity contribution is 0.0926. The molecular weight excluding hydrogens is 357 g/mol. The van der Waals surface area contributed by atoms with Gasteiger partial charge in [-0.15, -0.1) is 0 Å². The molecule has 0 saturated heterocycles. The minimum atomic E-state index is -0.291. The first-order valence-electron chi connectivity index (χ1n) is 9.68.